The van der Waals surface area contributed by atoms with E-state index in [1.165, 1.54) is 59.9 Å². The lowest BCUT2D eigenvalue weighted by molar-refractivity contribution is 0.482. The monoisotopic (exact) mass is 538 g/mol. The molecule has 0 spiro atoms. The molecule has 6 rings (SSSR count). The Kier molecular flexibility index (Phi) is 9.65. The van der Waals surface area contributed by atoms with Gasteiger partial charge in [0.2, 0.25) is 0 Å². The van der Waals surface area contributed by atoms with Crippen molar-refractivity contribution >= 4 is 22.9 Å². The van der Waals surface area contributed by atoms with Crippen molar-refractivity contribution < 1.29 is 0 Å². The average molecular weight is 539 g/mol. The smallest absolute Gasteiger partial charge is 0.130 e. The zero-order valence-corrected chi connectivity index (χ0v) is 25.0. The standard InChI is InChI=1S/C22H26N2Si.C14H13B/c1-4-10-19(11-5-1)22(24-17-16-23-18-24,20-12-6-2-7-13-20)25-21-14-8-3-9-15-21;15-11-14(12-7-3-1-4-8-12)13-9-5-2-6-10-13/h1-2,4-7,10-13,16-18,21H,3,8-9,14-15,25H2;1-11H,15H2. The summed E-state index contributed by atoms with van der Waals surface area (Å²) in [6.45, 7) is 0. The summed E-state index contributed by atoms with van der Waals surface area (Å²) in [7, 11) is 1.61. The summed E-state index contributed by atoms with van der Waals surface area (Å²) in [5.41, 5.74) is 7.55. The van der Waals surface area contributed by atoms with Crippen molar-refractivity contribution in [1.29, 1.82) is 0 Å². The van der Waals surface area contributed by atoms with Gasteiger partial charge in [-0.2, -0.15) is 0 Å². The lowest BCUT2D eigenvalue weighted by Gasteiger charge is -2.40. The van der Waals surface area contributed by atoms with E-state index in [0.29, 0.717) is 0 Å². The minimum atomic E-state index is -0.470. The summed E-state index contributed by atoms with van der Waals surface area (Å²) in [5, 5.41) is -0.0406. The molecule has 200 valence electrons. The summed E-state index contributed by atoms with van der Waals surface area (Å²) < 4.78 is 2.39. The van der Waals surface area contributed by atoms with Crippen LogP contribution in [-0.4, -0.2) is 26.9 Å². The SMILES string of the molecule is BC=C(c1ccccc1)c1ccccc1.c1ccc(C([SiH2]C2CCCCC2)(c2ccccc2)n2ccnc2)cc1. The molecule has 0 atom stereocenters. The molecule has 1 aromatic heterocycles. The first kappa shape index (κ1) is 27.7. The molecule has 0 aliphatic heterocycles. The number of benzene rings is 4. The first-order valence-electron chi connectivity index (χ1n) is 14.7. The second-order valence-corrected chi connectivity index (χ2v) is 13.3. The van der Waals surface area contributed by atoms with Crippen molar-refractivity contribution in [2.75, 3.05) is 0 Å². The van der Waals surface area contributed by atoms with E-state index in [1.807, 2.05) is 24.7 Å². The van der Waals surface area contributed by atoms with Crippen LogP contribution in [0.2, 0.25) is 5.54 Å². The lowest BCUT2D eigenvalue weighted by Crippen LogP contribution is -2.43. The lowest BCUT2D eigenvalue weighted by atomic mass is 9.92. The highest BCUT2D eigenvalue weighted by atomic mass is 28.2. The van der Waals surface area contributed by atoms with E-state index in [9.17, 15) is 0 Å². The zero-order chi connectivity index (χ0) is 27.5. The Morgan fingerprint density at radius 3 is 1.60 bits per heavy atom. The van der Waals surface area contributed by atoms with Crippen LogP contribution in [0, 0.1) is 0 Å². The van der Waals surface area contributed by atoms with Gasteiger partial charge in [-0.15, -0.1) is 5.98 Å². The van der Waals surface area contributed by atoms with Gasteiger partial charge in [0.25, 0.3) is 0 Å². The molecule has 0 bridgehead atoms. The van der Waals surface area contributed by atoms with Gasteiger partial charge in [0.1, 0.15) is 7.85 Å². The Hall–Kier alpha value is -3.89. The molecule has 0 saturated heterocycles. The topological polar surface area (TPSA) is 17.8 Å². The highest BCUT2D eigenvalue weighted by molar-refractivity contribution is 6.43. The Morgan fingerprint density at radius 1 is 0.700 bits per heavy atom. The number of hydrogen-bond donors (Lipinski definition) is 0. The van der Waals surface area contributed by atoms with Crippen LogP contribution >= 0.6 is 0 Å². The molecular formula is C36H39BN2Si. The molecule has 40 heavy (non-hydrogen) atoms. The highest BCUT2D eigenvalue weighted by Gasteiger charge is 2.38. The van der Waals surface area contributed by atoms with Gasteiger partial charge in [0.15, 0.2) is 0 Å². The Balaban J connectivity index is 0.000000184. The fraction of sp³-hybridized carbons (Fsp3) is 0.194. The molecule has 5 aromatic rings. The molecule has 1 aliphatic rings. The number of aromatic nitrogens is 2. The Bertz CT molecular complexity index is 1350. The second-order valence-electron chi connectivity index (χ2n) is 10.7. The van der Waals surface area contributed by atoms with Crippen molar-refractivity contribution in [1.82, 2.24) is 9.55 Å². The zero-order valence-electron chi connectivity index (χ0n) is 23.6. The number of nitrogens with zero attached hydrogens (tertiary/aromatic N) is 2. The molecule has 1 fully saturated rings. The molecular weight excluding hydrogens is 499 g/mol. The van der Waals surface area contributed by atoms with Gasteiger partial charge in [0.05, 0.1) is 21.0 Å². The molecule has 0 N–H and O–H groups in total. The predicted octanol–water partition coefficient (Wildman–Crippen LogP) is 7.26. The van der Waals surface area contributed by atoms with E-state index in [4.69, 9.17) is 0 Å². The van der Waals surface area contributed by atoms with E-state index in [2.05, 4.69) is 139 Å². The first-order chi connectivity index (χ1) is 19.8. The average Bonchev–Trinajstić information content (AvgIpc) is 3.59. The van der Waals surface area contributed by atoms with E-state index >= 15 is 0 Å². The van der Waals surface area contributed by atoms with Crippen LogP contribution in [0.4, 0.5) is 0 Å². The van der Waals surface area contributed by atoms with Crippen LogP contribution in [0.5, 0.6) is 0 Å². The van der Waals surface area contributed by atoms with Gasteiger partial charge in [-0.1, -0.05) is 153 Å². The molecule has 2 nitrogen and oxygen atoms in total. The molecule has 1 saturated carbocycles. The quantitative estimate of drug-likeness (QED) is 0.199. The van der Waals surface area contributed by atoms with Gasteiger partial charge >= 0.3 is 0 Å². The maximum absolute atomic E-state index is 4.42. The molecule has 0 amide bonds. The molecule has 0 unspecified atom stereocenters. The van der Waals surface area contributed by atoms with Gasteiger partial charge in [-0.05, 0) is 33.4 Å². The van der Waals surface area contributed by atoms with Gasteiger partial charge in [0, 0.05) is 12.4 Å². The summed E-state index contributed by atoms with van der Waals surface area (Å²) in [6.07, 6.45) is 13.1. The second kappa shape index (κ2) is 14.0. The van der Waals surface area contributed by atoms with Crippen molar-refractivity contribution in [3.05, 3.63) is 168 Å². The van der Waals surface area contributed by atoms with Crippen LogP contribution < -0.4 is 0 Å². The molecule has 1 aliphatic carbocycles. The third-order valence-electron chi connectivity index (χ3n) is 8.21. The fourth-order valence-corrected chi connectivity index (χ4v) is 9.42. The predicted molar refractivity (Wildman–Crippen MR) is 175 cm³/mol. The summed E-state index contributed by atoms with van der Waals surface area (Å²) in [5.74, 6) is 2.16. The van der Waals surface area contributed by atoms with E-state index in [0.717, 1.165) is 5.54 Å². The molecule has 4 heteroatoms. The maximum Gasteiger partial charge on any atom is 0.130 e. The highest BCUT2D eigenvalue weighted by Crippen LogP contribution is 2.40. The van der Waals surface area contributed by atoms with Crippen molar-refractivity contribution in [3.8, 4) is 0 Å². The molecule has 1 heterocycles. The Morgan fingerprint density at radius 2 is 1.18 bits per heavy atom. The van der Waals surface area contributed by atoms with Gasteiger partial charge in [-0.25, -0.2) is 4.98 Å². The van der Waals surface area contributed by atoms with Crippen LogP contribution in [0.15, 0.2) is 146 Å². The van der Waals surface area contributed by atoms with Crippen LogP contribution in [0.25, 0.3) is 5.57 Å². The fourth-order valence-electron chi connectivity index (χ4n) is 6.26. The summed E-state index contributed by atoms with van der Waals surface area (Å²) >= 11 is 0. The number of imidazole rings is 1. The third-order valence-corrected chi connectivity index (χ3v) is 11.4. The normalized spacial score (nSPS) is 13.9. The third kappa shape index (κ3) is 6.46. The van der Waals surface area contributed by atoms with Crippen LogP contribution in [-0.2, 0) is 5.16 Å². The van der Waals surface area contributed by atoms with Crippen molar-refractivity contribution in [2.24, 2.45) is 0 Å². The number of hydrogen-bond acceptors (Lipinski definition) is 1. The minimum absolute atomic E-state index is 0.0406. The van der Waals surface area contributed by atoms with Crippen LogP contribution in [0.3, 0.4) is 0 Å². The largest absolute Gasteiger partial charge is 0.327 e. The van der Waals surface area contributed by atoms with Crippen molar-refractivity contribution in [3.63, 3.8) is 0 Å². The molecule has 4 aromatic carbocycles. The van der Waals surface area contributed by atoms with E-state index in [-0.39, 0.29) is 5.16 Å². The van der Waals surface area contributed by atoms with Crippen LogP contribution in [0.1, 0.15) is 54.4 Å². The van der Waals surface area contributed by atoms with E-state index in [1.54, 1.807) is 0 Å². The minimum Gasteiger partial charge on any atom is -0.327 e. The van der Waals surface area contributed by atoms with E-state index < -0.39 is 9.52 Å². The first-order valence-corrected chi connectivity index (χ1v) is 16.2. The molecule has 0 radical (unpaired) electrons. The number of rotatable bonds is 7. The maximum atomic E-state index is 4.42. The van der Waals surface area contributed by atoms with Crippen molar-refractivity contribution in [2.45, 2.75) is 42.8 Å². The van der Waals surface area contributed by atoms with Gasteiger partial charge in [-0.3, -0.25) is 0 Å². The van der Waals surface area contributed by atoms with Gasteiger partial charge < -0.3 is 4.57 Å². The summed E-state index contributed by atoms with van der Waals surface area (Å²) in [6, 6.07) is 43.1. The Labute approximate surface area is 243 Å². The summed E-state index contributed by atoms with van der Waals surface area (Å²) in [4.78, 5) is 4.42.